The van der Waals surface area contributed by atoms with Crippen LogP contribution in [-0.2, 0) is 4.79 Å². The van der Waals surface area contributed by atoms with Gasteiger partial charge in [-0.3, -0.25) is 4.79 Å². The van der Waals surface area contributed by atoms with Crippen molar-refractivity contribution in [2.75, 3.05) is 17.2 Å². The van der Waals surface area contributed by atoms with Gasteiger partial charge >= 0.3 is 0 Å². The van der Waals surface area contributed by atoms with E-state index in [9.17, 15) is 4.79 Å². The van der Waals surface area contributed by atoms with E-state index >= 15 is 0 Å². The van der Waals surface area contributed by atoms with Gasteiger partial charge in [0, 0.05) is 11.6 Å². The van der Waals surface area contributed by atoms with Crippen molar-refractivity contribution in [3.63, 3.8) is 0 Å². The quantitative estimate of drug-likeness (QED) is 0.573. The molecule has 1 aromatic heterocycles. The van der Waals surface area contributed by atoms with E-state index in [1.165, 1.54) is 37.1 Å². The molecule has 23 heavy (non-hydrogen) atoms. The number of hydrogen-bond acceptors (Lipinski definition) is 6. The van der Waals surface area contributed by atoms with E-state index in [0.717, 1.165) is 37.0 Å². The highest BCUT2D eigenvalue weighted by Crippen LogP contribution is 2.55. The Morgan fingerprint density at radius 1 is 1.13 bits per heavy atom. The second kappa shape index (κ2) is 5.54. The number of anilines is 2. The van der Waals surface area contributed by atoms with Crippen molar-refractivity contribution in [2.45, 2.75) is 49.2 Å². The fraction of sp³-hybridized carbons (Fsp3) is 0.688. The molecule has 0 aromatic carbocycles. The number of hydrogen-bond donors (Lipinski definition) is 3. The summed E-state index contributed by atoms with van der Waals surface area (Å²) >= 11 is 1.29. The lowest BCUT2D eigenvalue weighted by atomic mass is 9.53. The molecule has 1 amide bonds. The Balaban J connectivity index is 1.37. The third kappa shape index (κ3) is 3.11. The number of carbonyl (C=O) groups is 1. The summed E-state index contributed by atoms with van der Waals surface area (Å²) in [6.07, 6.45) is 7.62. The summed E-state index contributed by atoms with van der Waals surface area (Å²) in [5.74, 6) is 3.53. The van der Waals surface area contributed by atoms with Crippen molar-refractivity contribution < 1.29 is 4.79 Å². The number of aromatic nitrogens is 2. The van der Waals surface area contributed by atoms with Crippen molar-refractivity contribution in [2.24, 2.45) is 17.8 Å². The summed E-state index contributed by atoms with van der Waals surface area (Å²) in [6.45, 7) is 0. The van der Waals surface area contributed by atoms with Crippen LogP contribution in [0.2, 0.25) is 0 Å². The fourth-order valence-electron chi connectivity index (χ4n) is 5.25. The van der Waals surface area contributed by atoms with E-state index < -0.39 is 0 Å². The van der Waals surface area contributed by atoms with Gasteiger partial charge in [0.25, 0.3) is 0 Å². The Kier molecular flexibility index (Phi) is 3.63. The first kappa shape index (κ1) is 15.1. The van der Waals surface area contributed by atoms with Gasteiger partial charge in [-0.15, -0.1) is 0 Å². The van der Waals surface area contributed by atoms with Crippen LogP contribution in [0, 0.1) is 17.8 Å². The van der Waals surface area contributed by atoms with Crippen molar-refractivity contribution in [3.05, 3.63) is 6.07 Å². The lowest BCUT2D eigenvalue weighted by Crippen LogP contribution is -2.60. The maximum atomic E-state index is 12.4. The number of carbonyl (C=O) groups excluding carboxylic acids is 1. The largest absolute Gasteiger partial charge is 0.383 e. The van der Waals surface area contributed by atoms with Crippen LogP contribution in [0.5, 0.6) is 0 Å². The van der Waals surface area contributed by atoms with Crippen LogP contribution in [0.25, 0.3) is 0 Å². The van der Waals surface area contributed by atoms with E-state index in [1.807, 2.05) is 0 Å². The molecular weight excluding hydrogens is 310 g/mol. The van der Waals surface area contributed by atoms with Gasteiger partial charge < -0.3 is 16.8 Å². The summed E-state index contributed by atoms with van der Waals surface area (Å²) in [5, 5.41) is 3.81. The summed E-state index contributed by atoms with van der Waals surface area (Å²) < 4.78 is 0. The highest BCUT2D eigenvalue weighted by Gasteiger charge is 2.51. The zero-order valence-electron chi connectivity index (χ0n) is 13.1. The number of nitrogens with zero attached hydrogens (tertiary/aromatic N) is 2. The van der Waals surface area contributed by atoms with E-state index in [2.05, 4.69) is 15.3 Å². The van der Waals surface area contributed by atoms with E-state index in [1.54, 1.807) is 0 Å². The minimum Gasteiger partial charge on any atom is -0.383 e. The van der Waals surface area contributed by atoms with Gasteiger partial charge in [-0.25, -0.2) is 9.97 Å². The van der Waals surface area contributed by atoms with E-state index in [4.69, 9.17) is 11.5 Å². The zero-order valence-corrected chi connectivity index (χ0v) is 13.9. The van der Waals surface area contributed by atoms with Crippen LogP contribution in [0.15, 0.2) is 11.2 Å². The van der Waals surface area contributed by atoms with Gasteiger partial charge in [0.1, 0.15) is 11.6 Å². The Morgan fingerprint density at radius 2 is 1.65 bits per heavy atom. The second-order valence-corrected chi connectivity index (χ2v) is 8.48. The van der Waals surface area contributed by atoms with Crippen molar-refractivity contribution >= 4 is 29.3 Å². The molecule has 0 saturated heterocycles. The summed E-state index contributed by atoms with van der Waals surface area (Å²) in [5.41, 5.74) is 11.4. The smallest absolute Gasteiger partial charge is 0.230 e. The molecule has 0 radical (unpaired) electrons. The summed E-state index contributed by atoms with van der Waals surface area (Å²) in [6, 6.07) is 1.51. The van der Waals surface area contributed by atoms with Crippen LogP contribution < -0.4 is 16.8 Å². The summed E-state index contributed by atoms with van der Waals surface area (Å²) in [7, 11) is 0. The van der Waals surface area contributed by atoms with E-state index in [0.29, 0.717) is 22.5 Å². The third-order valence-corrected chi connectivity index (χ3v) is 6.37. The molecule has 6 nitrogen and oxygen atoms in total. The lowest BCUT2D eigenvalue weighted by molar-refractivity contribution is -0.124. The molecule has 4 aliphatic rings. The molecule has 4 aliphatic carbocycles. The lowest BCUT2D eigenvalue weighted by Gasteiger charge is -2.56. The molecule has 4 bridgehead atoms. The molecule has 4 fully saturated rings. The highest BCUT2D eigenvalue weighted by molar-refractivity contribution is 7.99. The first-order valence-electron chi connectivity index (χ1n) is 8.33. The third-order valence-electron chi connectivity index (χ3n) is 5.52. The molecule has 7 heteroatoms. The zero-order chi connectivity index (χ0) is 16.0. The van der Waals surface area contributed by atoms with Gasteiger partial charge in [0.2, 0.25) is 5.91 Å². The SMILES string of the molecule is Nc1cc(N)nc(SCC(=O)NC23CC4CC(CC(C4)C2)C3)n1. The molecule has 1 aromatic rings. The van der Waals surface area contributed by atoms with Crippen LogP contribution in [0.1, 0.15) is 38.5 Å². The van der Waals surface area contributed by atoms with Crippen LogP contribution in [0.3, 0.4) is 0 Å². The number of nitrogen functional groups attached to an aromatic ring is 2. The highest BCUT2D eigenvalue weighted by atomic mass is 32.2. The molecule has 0 spiro atoms. The second-order valence-electron chi connectivity index (χ2n) is 7.53. The summed E-state index contributed by atoms with van der Waals surface area (Å²) in [4.78, 5) is 20.6. The fourth-order valence-corrected chi connectivity index (χ4v) is 5.92. The van der Waals surface area contributed by atoms with Crippen molar-refractivity contribution in [3.8, 4) is 0 Å². The average Bonchev–Trinajstić information content (AvgIpc) is 2.42. The minimum absolute atomic E-state index is 0.0575. The molecule has 5 rings (SSSR count). The monoisotopic (exact) mass is 333 g/mol. The topological polar surface area (TPSA) is 107 Å². The number of nitrogens with one attached hydrogen (secondary N) is 1. The first-order valence-corrected chi connectivity index (χ1v) is 9.32. The Hall–Kier alpha value is -1.50. The number of amides is 1. The average molecular weight is 333 g/mol. The van der Waals surface area contributed by atoms with Gasteiger partial charge in [-0.05, 0) is 56.3 Å². The van der Waals surface area contributed by atoms with Crippen molar-refractivity contribution in [1.29, 1.82) is 0 Å². The molecule has 0 unspecified atom stereocenters. The van der Waals surface area contributed by atoms with Crippen LogP contribution in [-0.4, -0.2) is 27.2 Å². The molecule has 4 saturated carbocycles. The Labute approximate surface area is 140 Å². The normalized spacial score (nSPS) is 34.5. The van der Waals surface area contributed by atoms with Gasteiger partial charge in [0.05, 0.1) is 5.75 Å². The Bertz CT molecular complexity index is 579. The number of nitrogens with two attached hydrogens (primary N) is 2. The van der Waals surface area contributed by atoms with Gasteiger partial charge in [-0.2, -0.15) is 0 Å². The maximum Gasteiger partial charge on any atom is 0.230 e. The molecule has 0 atom stereocenters. The van der Waals surface area contributed by atoms with E-state index in [-0.39, 0.29) is 11.4 Å². The first-order chi connectivity index (χ1) is 11.0. The molecule has 124 valence electrons. The standard InChI is InChI=1S/C16H23N5OS/c17-12-4-13(18)20-15(19-12)23-8-14(22)21-16-5-9-1-10(6-16)3-11(2-9)7-16/h4,9-11H,1-3,5-8H2,(H,21,22)(H4,17,18,19,20). The van der Waals surface area contributed by atoms with Crippen LogP contribution in [0.4, 0.5) is 11.6 Å². The molecular formula is C16H23N5OS. The Morgan fingerprint density at radius 3 is 2.17 bits per heavy atom. The predicted octanol–water partition coefficient (Wildman–Crippen LogP) is 1.82. The molecule has 1 heterocycles. The molecule has 5 N–H and O–H groups in total. The predicted molar refractivity (Wildman–Crippen MR) is 90.6 cm³/mol. The van der Waals surface area contributed by atoms with Gasteiger partial charge in [0.15, 0.2) is 5.16 Å². The minimum atomic E-state index is 0.0575. The number of rotatable bonds is 4. The van der Waals surface area contributed by atoms with Crippen LogP contribution >= 0.6 is 11.8 Å². The van der Waals surface area contributed by atoms with Gasteiger partial charge in [-0.1, -0.05) is 11.8 Å². The molecule has 0 aliphatic heterocycles. The number of thioether (sulfide) groups is 1. The van der Waals surface area contributed by atoms with Crippen molar-refractivity contribution in [1.82, 2.24) is 15.3 Å². The maximum absolute atomic E-state index is 12.4.